The largest absolute Gasteiger partial charge is 0.383 e. The normalized spacial score (nSPS) is 17.6. The van der Waals surface area contributed by atoms with Crippen LogP contribution in [0.5, 0.6) is 0 Å². The number of anilines is 2. The zero-order chi connectivity index (χ0) is 14.5. The fraction of sp³-hybridized carbons (Fsp3) is 0.643. The van der Waals surface area contributed by atoms with Crippen LogP contribution in [0.15, 0.2) is 12.1 Å². The van der Waals surface area contributed by atoms with Crippen LogP contribution in [0.4, 0.5) is 17.3 Å². The highest BCUT2D eigenvalue weighted by molar-refractivity contribution is 5.53. The Morgan fingerprint density at radius 3 is 2.75 bits per heavy atom. The number of nitrogens with zero attached hydrogens (tertiary/aromatic N) is 2. The molecule has 6 nitrogen and oxygen atoms in total. The van der Waals surface area contributed by atoms with Crippen LogP contribution in [0.2, 0.25) is 0 Å². The van der Waals surface area contributed by atoms with Gasteiger partial charge in [0, 0.05) is 6.04 Å². The average molecular weight is 278 g/mol. The Bertz CT molecular complexity index is 472. The molecule has 6 heteroatoms. The zero-order valence-electron chi connectivity index (χ0n) is 11.8. The first-order chi connectivity index (χ1) is 9.60. The van der Waals surface area contributed by atoms with Gasteiger partial charge in [0.15, 0.2) is 0 Å². The lowest BCUT2D eigenvalue weighted by Gasteiger charge is -2.30. The second-order valence-corrected chi connectivity index (χ2v) is 5.45. The smallest absolute Gasteiger partial charge is 0.276 e. The molecule has 1 aliphatic rings. The first-order valence-electron chi connectivity index (χ1n) is 7.28. The summed E-state index contributed by atoms with van der Waals surface area (Å²) in [6.07, 6.45) is 7.27. The molecule has 110 valence electrons. The molecule has 0 saturated heterocycles. The van der Waals surface area contributed by atoms with Crippen molar-refractivity contribution < 1.29 is 4.92 Å². The molecule has 1 aliphatic carbocycles. The van der Waals surface area contributed by atoms with Gasteiger partial charge in [0.1, 0.15) is 11.6 Å². The number of hydrogen-bond acceptors (Lipinski definition) is 5. The van der Waals surface area contributed by atoms with E-state index in [1.165, 1.54) is 44.2 Å². The number of aromatic nitrogens is 1. The summed E-state index contributed by atoms with van der Waals surface area (Å²) in [6.45, 7) is 2.13. The minimum atomic E-state index is -0.440. The van der Waals surface area contributed by atoms with Gasteiger partial charge in [-0.15, -0.1) is 0 Å². The van der Waals surface area contributed by atoms with Gasteiger partial charge in [0.25, 0.3) is 5.69 Å². The average Bonchev–Trinajstić information content (AvgIpc) is 2.45. The Balaban J connectivity index is 2.12. The third-order valence-electron chi connectivity index (χ3n) is 4.03. The van der Waals surface area contributed by atoms with Gasteiger partial charge in [-0.3, -0.25) is 10.1 Å². The van der Waals surface area contributed by atoms with Gasteiger partial charge in [-0.05, 0) is 25.2 Å². The molecule has 0 radical (unpaired) electrons. The second-order valence-electron chi connectivity index (χ2n) is 5.45. The van der Waals surface area contributed by atoms with E-state index >= 15 is 0 Å². The summed E-state index contributed by atoms with van der Waals surface area (Å²) in [5.41, 5.74) is 5.62. The summed E-state index contributed by atoms with van der Waals surface area (Å²) >= 11 is 0. The van der Waals surface area contributed by atoms with Crippen molar-refractivity contribution in [3.05, 3.63) is 22.2 Å². The quantitative estimate of drug-likeness (QED) is 0.636. The second kappa shape index (κ2) is 6.54. The van der Waals surface area contributed by atoms with Crippen molar-refractivity contribution in [2.75, 3.05) is 11.1 Å². The van der Waals surface area contributed by atoms with E-state index in [2.05, 4.69) is 17.2 Å². The maximum Gasteiger partial charge on any atom is 0.276 e. The Morgan fingerprint density at radius 2 is 2.15 bits per heavy atom. The third kappa shape index (κ3) is 3.59. The van der Waals surface area contributed by atoms with Gasteiger partial charge in [-0.25, -0.2) is 4.98 Å². The number of nitrogens with two attached hydrogens (primary N) is 1. The molecule has 1 heterocycles. The van der Waals surface area contributed by atoms with E-state index in [-0.39, 0.29) is 11.5 Å². The minimum absolute atomic E-state index is 0.0153. The van der Waals surface area contributed by atoms with Gasteiger partial charge in [-0.2, -0.15) is 0 Å². The molecule has 0 amide bonds. The Hall–Kier alpha value is -1.85. The SMILES string of the molecule is CCC(Nc1cc([N+](=O)[O-])cc(N)n1)C1CCCCC1. The van der Waals surface area contributed by atoms with E-state index in [9.17, 15) is 10.1 Å². The number of pyridine rings is 1. The van der Waals surface area contributed by atoms with E-state index in [0.29, 0.717) is 17.8 Å². The predicted molar refractivity (Wildman–Crippen MR) is 79.6 cm³/mol. The van der Waals surface area contributed by atoms with Crippen molar-refractivity contribution in [1.82, 2.24) is 4.98 Å². The first kappa shape index (κ1) is 14.6. The summed E-state index contributed by atoms with van der Waals surface area (Å²) in [7, 11) is 0. The van der Waals surface area contributed by atoms with Gasteiger partial charge < -0.3 is 11.1 Å². The fourth-order valence-electron chi connectivity index (χ4n) is 3.00. The monoisotopic (exact) mass is 278 g/mol. The van der Waals surface area contributed by atoms with Crippen LogP contribution in [0.1, 0.15) is 45.4 Å². The summed E-state index contributed by atoms with van der Waals surface area (Å²) in [5, 5.41) is 14.2. The van der Waals surface area contributed by atoms with Crippen molar-refractivity contribution in [1.29, 1.82) is 0 Å². The highest BCUT2D eigenvalue weighted by Crippen LogP contribution is 2.30. The molecule has 1 saturated carbocycles. The molecule has 0 bridgehead atoms. The zero-order valence-corrected chi connectivity index (χ0v) is 11.8. The summed E-state index contributed by atoms with van der Waals surface area (Å²) in [5.74, 6) is 1.31. The molecule has 1 aromatic heterocycles. The number of nitro groups is 1. The highest BCUT2D eigenvalue weighted by Gasteiger charge is 2.23. The summed E-state index contributed by atoms with van der Waals surface area (Å²) in [6, 6.07) is 3.05. The van der Waals surface area contributed by atoms with Crippen molar-refractivity contribution >= 4 is 17.3 Å². The Kier molecular flexibility index (Phi) is 4.76. The number of hydrogen-bond donors (Lipinski definition) is 2. The maximum atomic E-state index is 10.9. The molecule has 1 aromatic rings. The van der Waals surface area contributed by atoms with Crippen LogP contribution in [-0.4, -0.2) is 15.9 Å². The molecular formula is C14H22N4O2. The van der Waals surface area contributed by atoms with E-state index in [1.54, 1.807) is 0 Å². The highest BCUT2D eigenvalue weighted by atomic mass is 16.6. The summed E-state index contributed by atoms with van der Waals surface area (Å²) < 4.78 is 0. The lowest BCUT2D eigenvalue weighted by molar-refractivity contribution is -0.384. The predicted octanol–water partition coefficient (Wildman–Crippen LogP) is 3.34. The van der Waals surface area contributed by atoms with E-state index in [1.807, 2.05) is 0 Å². The molecule has 1 unspecified atom stereocenters. The Labute approximate surface area is 118 Å². The lowest BCUT2D eigenvalue weighted by Crippen LogP contribution is -2.30. The van der Waals surface area contributed by atoms with Gasteiger partial charge in [0.05, 0.1) is 17.1 Å². The molecule has 1 fully saturated rings. The van der Waals surface area contributed by atoms with Gasteiger partial charge in [-0.1, -0.05) is 26.2 Å². The van der Waals surface area contributed by atoms with Crippen LogP contribution >= 0.6 is 0 Å². The minimum Gasteiger partial charge on any atom is -0.383 e. The van der Waals surface area contributed by atoms with Crippen LogP contribution in [0.3, 0.4) is 0 Å². The number of nitrogen functional groups attached to an aromatic ring is 1. The first-order valence-corrected chi connectivity index (χ1v) is 7.28. The molecule has 20 heavy (non-hydrogen) atoms. The lowest BCUT2D eigenvalue weighted by atomic mass is 9.83. The molecule has 3 N–H and O–H groups in total. The molecule has 0 aliphatic heterocycles. The molecule has 0 spiro atoms. The Morgan fingerprint density at radius 1 is 1.45 bits per heavy atom. The van der Waals surface area contributed by atoms with Crippen molar-refractivity contribution in [2.45, 2.75) is 51.5 Å². The fourth-order valence-corrected chi connectivity index (χ4v) is 3.00. The standard InChI is InChI=1S/C14H22N4O2/c1-2-12(10-6-4-3-5-7-10)16-14-9-11(18(19)20)8-13(15)17-14/h8-10,12H,2-7H2,1H3,(H3,15,16,17). The van der Waals surface area contributed by atoms with Crippen LogP contribution < -0.4 is 11.1 Å². The third-order valence-corrected chi connectivity index (χ3v) is 4.03. The van der Waals surface area contributed by atoms with Crippen LogP contribution in [0.25, 0.3) is 0 Å². The summed E-state index contributed by atoms with van der Waals surface area (Å²) in [4.78, 5) is 14.6. The van der Waals surface area contributed by atoms with Crippen LogP contribution in [0, 0.1) is 16.0 Å². The number of rotatable bonds is 5. The number of nitrogens with one attached hydrogen (secondary N) is 1. The van der Waals surface area contributed by atoms with Crippen molar-refractivity contribution in [2.24, 2.45) is 5.92 Å². The molecule has 0 aromatic carbocycles. The maximum absolute atomic E-state index is 10.9. The molecule has 2 rings (SSSR count). The van der Waals surface area contributed by atoms with Crippen molar-refractivity contribution in [3.63, 3.8) is 0 Å². The van der Waals surface area contributed by atoms with E-state index in [0.717, 1.165) is 6.42 Å². The topological polar surface area (TPSA) is 94.1 Å². The van der Waals surface area contributed by atoms with E-state index < -0.39 is 4.92 Å². The van der Waals surface area contributed by atoms with Crippen LogP contribution in [-0.2, 0) is 0 Å². The molecular weight excluding hydrogens is 256 g/mol. The van der Waals surface area contributed by atoms with E-state index in [4.69, 9.17) is 5.73 Å². The van der Waals surface area contributed by atoms with Gasteiger partial charge >= 0.3 is 0 Å². The van der Waals surface area contributed by atoms with Gasteiger partial charge in [0.2, 0.25) is 0 Å². The molecule has 1 atom stereocenters. The van der Waals surface area contributed by atoms with Crippen molar-refractivity contribution in [3.8, 4) is 0 Å².